The number of aromatic hydroxyl groups is 1. The van der Waals surface area contributed by atoms with E-state index < -0.39 is 0 Å². The number of ether oxygens (including phenoxy) is 1. The second kappa shape index (κ2) is 6.37. The molecule has 5 nitrogen and oxygen atoms in total. The highest BCUT2D eigenvalue weighted by Crippen LogP contribution is 2.29. The van der Waals surface area contributed by atoms with E-state index in [4.69, 9.17) is 16.3 Å². The zero-order valence-corrected chi connectivity index (χ0v) is 13.9. The summed E-state index contributed by atoms with van der Waals surface area (Å²) in [4.78, 5) is 12.7. The van der Waals surface area contributed by atoms with Crippen molar-refractivity contribution in [3.63, 3.8) is 0 Å². The lowest BCUT2D eigenvalue weighted by Gasteiger charge is -2.11. The molecule has 0 aliphatic carbocycles. The number of rotatable bonds is 3. The number of halogens is 1. The summed E-state index contributed by atoms with van der Waals surface area (Å²) in [7, 11) is 1.47. The quantitative estimate of drug-likeness (QED) is 0.861. The van der Waals surface area contributed by atoms with Crippen LogP contribution in [-0.4, -0.2) is 23.8 Å². The normalized spacial score (nSPS) is 15.8. The minimum Gasteiger partial charge on any atom is -0.504 e. The lowest BCUT2D eigenvalue weighted by molar-refractivity contribution is -0.114. The van der Waals surface area contributed by atoms with Crippen LogP contribution in [0.1, 0.15) is 12.5 Å². The molecule has 1 aliphatic rings. The van der Waals surface area contributed by atoms with Gasteiger partial charge in [-0.2, -0.15) is 10.1 Å². The fourth-order valence-electron chi connectivity index (χ4n) is 2.39. The zero-order valence-electron chi connectivity index (χ0n) is 13.2. The molecule has 0 radical (unpaired) electrons. The van der Waals surface area contributed by atoms with Gasteiger partial charge in [-0.05, 0) is 55.0 Å². The van der Waals surface area contributed by atoms with Crippen molar-refractivity contribution in [2.24, 2.45) is 5.10 Å². The summed E-state index contributed by atoms with van der Waals surface area (Å²) >= 11 is 5.88. The van der Waals surface area contributed by atoms with Crippen molar-refractivity contribution in [1.82, 2.24) is 0 Å². The van der Waals surface area contributed by atoms with Crippen molar-refractivity contribution in [3.05, 3.63) is 58.6 Å². The van der Waals surface area contributed by atoms with Crippen molar-refractivity contribution in [2.45, 2.75) is 6.92 Å². The number of carbonyl (C=O) groups excluding carboxylic acids is 1. The van der Waals surface area contributed by atoms with Crippen LogP contribution in [0.25, 0.3) is 6.08 Å². The fraction of sp³-hybridized carbons (Fsp3) is 0.111. The van der Waals surface area contributed by atoms with E-state index in [1.165, 1.54) is 18.2 Å². The van der Waals surface area contributed by atoms with Crippen LogP contribution < -0.4 is 9.75 Å². The van der Waals surface area contributed by atoms with Crippen LogP contribution in [0.3, 0.4) is 0 Å². The van der Waals surface area contributed by atoms with E-state index in [2.05, 4.69) is 5.10 Å². The number of hydrazone groups is 1. The van der Waals surface area contributed by atoms with Crippen molar-refractivity contribution < 1.29 is 14.6 Å². The Morgan fingerprint density at radius 1 is 1.21 bits per heavy atom. The number of amides is 1. The summed E-state index contributed by atoms with van der Waals surface area (Å²) in [6.07, 6.45) is 1.72. The van der Waals surface area contributed by atoms with Crippen LogP contribution in [0.15, 0.2) is 53.1 Å². The smallest absolute Gasteiger partial charge is 0.280 e. The molecule has 0 saturated carbocycles. The average Bonchev–Trinajstić information content (AvgIpc) is 2.85. The van der Waals surface area contributed by atoms with Gasteiger partial charge in [-0.25, -0.2) is 0 Å². The van der Waals surface area contributed by atoms with Crippen molar-refractivity contribution in [3.8, 4) is 11.5 Å². The van der Waals surface area contributed by atoms with Gasteiger partial charge in [0.25, 0.3) is 5.91 Å². The van der Waals surface area contributed by atoms with Gasteiger partial charge in [0.2, 0.25) is 0 Å². The number of benzene rings is 2. The second-order valence-electron chi connectivity index (χ2n) is 5.27. The van der Waals surface area contributed by atoms with Gasteiger partial charge in [-0.15, -0.1) is 0 Å². The Labute approximate surface area is 144 Å². The summed E-state index contributed by atoms with van der Waals surface area (Å²) in [5, 5.41) is 15.9. The summed E-state index contributed by atoms with van der Waals surface area (Å²) in [5.74, 6) is 0.173. The molecular weight excluding hydrogens is 328 g/mol. The van der Waals surface area contributed by atoms with Gasteiger partial charge < -0.3 is 9.84 Å². The standard InChI is InChI=1S/C18H15ClN2O3/c1-11-15(9-12-3-8-16(22)17(10-12)24-2)18(23)21(20-11)14-6-4-13(19)5-7-14/h3-10,22H,1-2H3. The molecule has 6 heteroatoms. The average molecular weight is 343 g/mol. The van der Waals surface area contributed by atoms with E-state index in [1.807, 2.05) is 0 Å². The van der Waals surface area contributed by atoms with Gasteiger partial charge in [0.1, 0.15) is 0 Å². The van der Waals surface area contributed by atoms with E-state index in [-0.39, 0.29) is 11.7 Å². The Balaban J connectivity index is 1.94. The largest absolute Gasteiger partial charge is 0.504 e. The van der Waals surface area contributed by atoms with Crippen LogP contribution >= 0.6 is 11.6 Å². The van der Waals surface area contributed by atoms with Gasteiger partial charge in [0.05, 0.1) is 24.1 Å². The number of phenols is 1. The highest BCUT2D eigenvalue weighted by atomic mass is 35.5. The summed E-state index contributed by atoms with van der Waals surface area (Å²) in [6, 6.07) is 11.8. The zero-order chi connectivity index (χ0) is 17.3. The molecule has 0 fully saturated rings. The van der Waals surface area contributed by atoms with Gasteiger partial charge in [0, 0.05) is 5.02 Å². The third-order valence-corrected chi connectivity index (χ3v) is 3.90. The summed E-state index contributed by atoms with van der Waals surface area (Å²) in [5.41, 5.74) is 2.48. The van der Waals surface area contributed by atoms with E-state index in [9.17, 15) is 9.90 Å². The predicted octanol–water partition coefficient (Wildman–Crippen LogP) is 3.86. The Bertz CT molecular complexity index is 857. The number of carbonyl (C=O) groups is 1. The Morgan fingerprint density at radius 2 is 1.92 bits per heavy atom. The molecule has 0 unspecified atom stereocenters. The predicted molar refractivity (Wildman–Crippen MR) is 94.7 cm³/mol. The third kappa shape index (κ3) is 2.98. The first kappa shape index (κ1) is 16.1. The Kier molecular flexibility index (Phi) is 4.27. The fourth-order valence-corrected chi connectivity index (χ4v) is 2.52. The molecule has 0 aromatic heterocycles. The molecule has 3 rings (SSSR count). The minimum absolute atomic E-state index is 0.0468. The van der Waals surface area contributed by atoms with E-state index in [0.717, 1.165) is 5.56 Å². The van der Waals surface area contributed by atoms with Crippen LogP contribution in [0.5, 0.6) is 11.5 Å². The molecule has 24 heavy (non-hydrogen) atoms. The summed E-state index contributed by atoms with van der Waals surface area (Å²) < 4.78 is 5.09. The molecule has 1 aliphatic heterocycles. The molecule has 0 bridgehead atoms. The van der Waals surface area contributed by atoms with Crippen molar-refractivity contribution in [2.75, 3.05) is 12.1 Å². The maximum absolute atomic E-state index is 12.7. The van der Waals surface area contributed by atoms with E-state index >= 15 is 0 Å². The molecule has 1 N–H and O–H groups in total. The van der Waals surface area contributed by atoms with Crippen LogP contribution in [0.4, 0.5) is 5.69 Å². The van der Waals surface area contributed by atoms with E-state index in [1.54, 1.807) is 49.4 Å². The molecule has 2 aromatic carbocycles. The highest BCUT2D eigenvalue weighted by Gasteiger charge is 2.28. The Hall–Kier alpha value is -2.79. The molecule has 2 aromatic rings. The topological polar surface area (TPSA) is 62.1 Å². The number of hydrogen-bond acceptors (Lipinski definition) is 4. The number of anilines is 1. The second-order valence-corrected chi connectivity index (χ2v) is 5.70. The molecular formula is C18H15ClN2O3. The van der Waals surface area contributed by atoms with Gasteiger partial charge in [-0.3, -0.25) is 4.79 Å². The van der Waals surface area contributed by atoms with Crippen molar-refractivity contribution in [1.29, 1.82) is 0 Å². The maximum atomic E-state index is 12.7. The number of nitrogens with zero attached hydrogens (tertiary/aromatic N) is 2. The molecule has 122 valence electrons. The van der Waals surface area contributed by atoms with Crippen LogP contribution in [0, 0.1) is 0 Å². The lowest BCUT2D eigenvalue weighted by atomic mass is 10.1. The monoisotopic (exact) mass is 342 g/mol. The molecule has 0 atom stereocenters. The first-order chi connectivity index (χ1) is 11.5. The van der Waals surface area contributed by atoms with Crippen LogP contribution in [-0.2, 0) is 4.79 Å². The SMILES string of the molecule is COc1cc(C=C2C(=O)N(c3ccc(Cl)cc3)N=C2C)ccc1O. The molecule has 0 saturated heterocycles. The third-order valence-electron chi connectivity index (χ3n) is 3.65. The minimum atomic E-state index is -0.220. The van der Waals surface area contributed by atoms with Gasteiger partial charge >= 0.3 is 0 Å². The molecule has 1 amide bonds. The summed E-state index contributed by atoms with van der Waals surface area (Å²) in [6.45, 7) is 1.78. The van der Waals surface area contributed by atoms with E-state index in [0.29, 0.717) is 27.7 Å². The number of phenolic OH excluding ortho intramolecular Hbond substituents is 1. The highest BCUT2D eigenvalue weighted by molar-refractivity contribution is 6.32. The molecule has 1 heterocycles. The maximum Gasteiger partial charge on any atom is 0.280 e. The number of hydrogen-bond donors (Lipinski definition) is 1. The lowest BCUT2D eigenvalue weighted by Crippen LogP contribution is -2.21. The first-order valence-electron chi connectivity index (χ1n) is 7.24. The molecule has 0 spiro atoms. The van der Waals surface area contributed by atoms with Gasteiger partial charge in [-0.1, -0.05) is 17.7 Å². The number of methoxy groups -OCH3 is 1. The van der Waals surface area contributed by atoms with Crippen molar-refractivity contribution >= 4 is 35.0 Å². The van der Waals surface area contributed by atoms with Crippen LogP contribution in [0.2, 0.25) is 5.02 Å². The Morgan fingerprint density at radius 3 is 2.58 bits per heavy atom. The van der Waals surface area contributed by atoms with Gasteiger partial charge in [0.15, 0.2) is 11.5 Å². The first-order valence-corrected chi connectivity index (χ1v) is 7.61.